The van der Waals surface area contributed by atoms with E-state index in [1.165, 1.54) is 14.2 Å². The van der Waals surface area contributed by atoms with Gasteiger partial charge >= 0.3 is 5.97 Å². The van der Waals surface area contributed by atoms with Crippen LogP contribution in [-0.2, 0) is 0 Å². The Bertz CT molecular complexity index is 402. The van der Waals surface area contributed by atoms with E-state index in [1.54, 1.807) is 0 Å². The Kier molecular flexibility index (Phi) is 2.89. The standard InChI is InChI=1S/C9H11NO5/c1-14-7-5(11)3-4(9(12)13)6(10)8(7)15-2/h3,11H,10H2,1-2H3,(H,12,13). The van der Waals surface area contributed by atoms with Crippen molar-refractivity contribution in [2.45, 2.75) is 0 Å². The van der Waals surface area contributed by atoms with Gasteiger partial charge in [0.2, 0.25) is 5.75 Å². The maximum absolute atomic E-state index is 10.8. The first kappa shape index (κ1) is 11.0. The summed E-state index contributed by atoms with van der Waals surface area (Å²) in [5, 5.41) is 18.2. The third kappa shape index (κ3) is 1.74. The van der Waals surface area contributed by atoms with Gasteiger partial charge in [0.05, 0.1) is 25.5 Å². The highest BCUT2D eigenvalue weighted by Gasteiger charge is 2.20. The van der Waals surface area contributed by atoms with Gasteiger partial charge in [0.1, 0.15) is 0 Å². The van der Waals surface area contributed by atoms with Crippen LogP contribution in [0.3, 0.4) is 0 Å². The van der Waals surface area contributed by atoms with Crippen LogP contribution in [0.2, 0.25) is 0 Å². The second-order valence-corrected chi connectivity index (χ2v) is 2.73. The number of methoxy groups -OCH3 is 2. The summed E-state index contributed by atoms with van der Waals surface area (Å²) in [4.78, 5) is 10.8. The minimum Gasteiger partial charge on any atom is -0.504 e. The number of aromatic carboxylic acids is 1. The zero-order valence-electron chi connectivity index (χ0n) is 8.27. The van der Waals surface area contributed by atoms with Crippen molar-refractivity contribution in [1.82, 2.24) is 0 Å². The van der Waals surface area contributed by atoms with E-state index < -0.39 is 5.97 Å². The molecule has 0 atom stereocenters. The summed E-state index contributed by atoms with van der Waals surface area (Å²) in [6, 6.07) is 1.01. The molecule has 0 saturated heterocycles. The van der Waals surface area contributed by atoms with E-state index in [0.29, 0.717) is 0 Å². The lowest BCUT2D eigenvalue weighted by Gasteiger charge is -2.13. The molecule has 0 spiro atoms. The van der Waals surface area contributed by atoms with Gasteiger partial charge in [-0.15, -0.1) is 0 Å². The molecule has 4 N–H and O–H groups in total. The Hall–Kier alpha value is -2.11. The van der Waals surface area contributed by atoms with Crippen LogP contribution in [0, 0.1) is 0 Å². The number of nitrogens with two attached hydrogens (primary N) is 1. The highest BCUT2D eigenvalue weighted by molar-refractivity contribution is 5.97. The number of ether oxygens (including phenoxy) is 2. The van der Waals surface area contributed by atoms with E-state index in [9.17, 15) is 9.90 Å². The van der Waals surface area contributed by atoms with Crippen LogP contribution in [-0.4, -0.2) is 30.4 Å². The minimum absolute atomic E-state index is 0.00917. The molecule has 0 bridgehead atoms. The molecule has 0 unspecified atom stereocenters. The van der Waals surface area contributed by atoms with Crippen LogP contribution in [0.1, 0.15) is 10.4 Å². The first-order valence-corrected chi connectivity index (χ1v) is 3.99. The lowest BCUT2D eigenvalue weighted by Crippen LogP contribution is -2.05. The molecule has 0 radical (unpaired) electrons. The first-order chi connectivity index (χ1) is 7.02. The Morgan fingerprint density at radius 3 is 2.27 bits per heavy atom. The average Bonchev–Trinajstić information content (AvgIpc) is 2.19. The fourth-order valence-corrected chi connectivity index (χ4v) is 1.22. The van der Waals surface area contributed by atoms with Crippen molar-refractivity contribution in [2.75, 3.05) is 20.0 Å². The van der Waals surface area contributed by atoms with Crippen LogP contribution in [0.25, 0.3) is 0 Å². The molecule has 0 saturated carbocycles. The summed E-state index contributed by atoms with van der Waals surface area (Å²) >= 11 is 0. The first-order valence-electron chi connectivity index (χ1n) is 3.99. The number of nitrogen functional groups attached to an aromatic ring is 1. The van der Waals surface area contributed by atoms with Gasteiger partial charge in [-0.3, -0.25) is 0 Å². The van der Waals surface area contributed by atoms with Gasteiger partial charge in [0, 0.05) is 6.07 Å². The Morgan fingerprint density at radius 1 is 1.33 bits per heavy atom. The number of carboxylic acids is 1. The van der Waals surface area contributed by atoms with E-state index in [2.05, 4.69) is 0 Å². The summed E-state index contributed by atoms with van der Waals surface area (Å²) in [5.41, 5.74) is 5.23. The molecular formula is C9H11NO5. The molecule has 15 heavy (non-hydrogen) atoms. The summed E-state index contributed by atoms with van der Waals surface area (Å²) < 4.78 is 9.70. The molecule has 1 aromatic carbocycles. The topological polar surface area (TPSA) is 102 Å². The Morgan fingerprint density at radius 2 is 1.87 bits per heavy atom. The molecule has 0 aliphatic rings. The van der Waals surface area contributed by atoms with Crippen LogP contribution >= 0.6 is 0 Å². The van der Waals surface area contributed by atoms with Crippen molar-refractivity contribution in [2.24, 2.45) is 0 Å². The Balaban J connectivity index is 3.51. The van der Waals surface area contributed by atoms with Gasteiger partial charge in [0.15, 0.2) is 11.5 Å². The van der Waals surface area contributed by atoms with Crippen molar-refractivity contribution in [3.63, 3.8) is 0 Å². The number of rotatable bonds is 3. The molecule has 1 rings (SSSR count). The number of phenols is 1. The average molecular weight is 213 g/mol. The predicted molar refractivity (Wildman–Crippen MR) is 52.6 cm³/mol. The highest BCUT2D eigenvalue weighted by Crippen LogP contribution is 2.42. The number of hydrogen-bond acceptors (Lipinski definition) is 5. The summed E-state index contributed by atoms with van der Waals surface area (Å²) in [7, 11) is 2.62. The monoisotopic (exact) mass is 213 g/mol. The van der Waals surface area contributed by atoms with Crippen molar-refractivity contribution < 1.29 is 24.5 Å². The molecule has 0 aliphatic heterocycles. The van der Waals surface area contributed by atoms with Gasteiger partial charge < -0.3 is 25.4 Å². The maximum atomic E-state index is 10.8. The van der Waals surface area contributed by atoms with E-state index in [1.807, 2.05) is 0 Å². The fraction of sp³-hybridized carbons (Fsp3) is 0.222. The van der Waals surface area contributed by atoms with Gasteiger partial charge in [-0.1, -0.05) is 0 Å². The van der Waals surface area contributed by atoms with E-state index in [4.69, 9.17) is 20.3 Å². The predicted octanol–water partition coefficient (Wildman–Crippen LogP) is 0.690. The smallest absolute Gasteiger partial charge is 0.338 e. The molecule has 6 nitrogen and oxygen atoms in total. The van der Waals surface area contributed by atoms with Crippen molar-refractivity contribution in [3.05, 3.63) is 11.6 Å². The number of phenolic OH excluding ortho intramolecular Hbond substituents is 1. The van der Waals surface area contributed by atoms with Crippen molar-refractivity contribution in [3.8, 4) is 17.2 Å². The number of anilines is 1. The maximum Gasteiger partial charge on any atom is 0.338 e. The molecule has 0 aromatic heterocycles. The van der Waals surface area contributed by atoms with E-state index in [0.717, 1.165) is 6.07 Å². The third-order valence-electron chi connectivity index (χ3n) is 1.89. The molecule has 6 heteroatoms. The van der Waals surface area contributed by atoms with E-state index in [-0.39, 0.29) is 28.5 Å². The molecule has 82 valence electrons. The van der Waals surface area contributed by atoms with Crippen molar-refractivity contribution in [1.29, 1.82) is 0 Å². The number of aromatic hydroxyl groups is 1. The lowest BCUT2D eigenvalue weighted by molar-refractivity contribution is 0.0697. The SMILES string of the molecule is COc1c(O)cc(C(=O)O)c(N)c1OC. The quantitative estimate of drug-likeness (QED) is 0.504. The van der Waals surface area contributed by atoms with Crippen LogP contribution in [0.15, 0.2) is 6.07 Å². The lowest BCUT2D eigenvalue weighted by atomic mass is 10.1. The summed E-state index contributed by atoms with van der Waals surface area (Å²) in [5.74, 6) is -1.56. The van der Waals surface area contributed by atoms with Crippen LogP contribution in [0.5, 0.6) is 17.2 Å². The second-order valence-electron chi connectivity index (χ2n) is 2.73. The van der Waals surface area contributed by atoms with Gasteiger partial charge in [0.25, 0.3) is 0 Å². The minimum atomic E-state index is -1.25. The summed E-state index contributed by atoms with van der Waals surface area (Å²) in [6.45, 7) is 0. The molecule has 0 aliphatic carbocycles. The van der Waals surface area contributed by atoms with Crippen LogP contribution in [0.4, 0.5) is 5.69 Å². The van der Waals surface area contributed by atoms with Gasteiger partial charge in [-0.25, -0.2) is 4.79 Å². The number of carbonyl (C=O) groups is 1. The third-order valence-corrected chi connectivity index (χ3v) is 1.89. The van der Waals surface area contributed by atoms with E-state index >= 15 is 0 Å². The normalized spacial score (nSPS) is 9.73. The van der Waals surface area contributed by atoms with Crippen molar-refractivity contribution >= 4 is 11.7 Å². The molecule has 0 fully saturated rings. The highest BCUT2D eigenvalue weighted by atomic mass is 16.5. The molecular weight excluding hydrogens is 202 g/mol. The van der Waals surface area contributed by atoms with Gasteiger partial charge in [-0.05, 0) is 0 Å². The second kappa shape index (κ2) is 3.95. The fourth-order valence-electron chi connectivity index (χ4n) is 1.22. The number of benzene rings is 1. The van der Waals surface area contributed by atoms with Gasteiger partial charge in [-0.2, -0.15) is 0 Å². The largest absolute Gasteiger partial charge is 0.504 e. The zero-order valence-corrected chi connectivity index (χ0v) is 8.27. The summed E-state index contributed by atoms with van der Waals surface area (Å²) in [6.07, 6.45) is 0. The molecule has 0 amide bonds. The van der Waals surface area contributed by atoms with Crippen LogP contribution < -0.4 is 15.2 Å². The Labute approximate surface area is 85.8 Å². The molecule has 0 heterocycles. The molecule has 1 aromatic rings. The zero-order chi connectivity index (χ0) is 11.6. The number of carboxylic acid groups (broad SMARTS) is 1. The number of hydrogen-bond donors (Lipinski definition) is 3.